The maximum atomic E-state index is 15.7. The molecule has 5 aromatic rings. The van der Waals surface area contributed by atoms with Crippen molar-refractivity contribution >= 4 is 22.9 Å². The van der Waals surface area contributed by atoms with Gasteiger partial charge in [-0.2, -0.15) is 5.26 Å². The first-order chi connectivity index (χ1) is 23.0. The first-order valence-electron chi connectivity index (χ1n) is 15.3. The van der Waals surface area contributed by atoms with Gasteiger partial charge in [0.05, 0.1) is 39.5 Å². The second-order valence-corrected chi connectivity index (χ2v) is 12.4. The van der Waals surface area contributed by atoms with E-state index in [0.29, 0.717) is 35.9 Å². The molecule has 48 heavy (non-hydrogen) atoms. The fourth-order valence-corrected chi connectivity index (χ4v) is 7.03. The fourth-order valence-electron chi connectivity index (χ4n) is 7.03. The number of hydrogen-bond donors (Lipinski definition) is 1. The van der Waals surface area contributed by atoms with Gasteiger partial charge in [0.25, 0.3) is 0 Å². The maximum absolute atomic E-state index is 15.7. The van der Waals surface area contributed by atoms with Crippen LogP contribution in [0.2, 0.25) is 0 Å². The molecule has 3 aromatic carbocycles. The number of rotatable bonds is 9. The molecule has 0 atom stereocenters. The predicted molar refractivity (Wildman–Crippen MR) is 167 cm³/mol. The molecule has 3 fully saturated rings. The summed E-state index contributed by atoms with van der Waals surface area (Å²) in [6.45, 7) is 2.35. The highest BCUT2D eigenvalue weighted by Crippen LogP contribution is 2.52. The summed E-state index contributed by atoms with van der Waals surface area (Å²) in [5.74, 6) is -2.31. The average molecular weight is 652 g/mol. The van der Waals surface area contributed by atoms with E-state index >= 15 is 8.78 Å². The van der Waals surface area contributed by atoms with Crippen LogP contribution in [0.5, 0.6) is 5.88 Å². The zero-order chi connectivity index (χ0) is 33.7. The van der Waals surface area contributed by atoms with Gasteiger partial charge in [-0.25, -0.2) is 27.9 Å². The highest BCUT2D eigenvalue weighted by Gasteiger charge is 2.57. The zero-order valence-electron chi connectivity index (χ0n) is 25.7. The number of amides is 1. The van der Waals surface area contributed by atoms with Crippen molar-refractivity contribution < 1.29 is 32.6 Å². The number of pyridine rings is 1. The van der Waals surface area contributed by atoms with Crippen LogP contribution in [0.25, 0.3) is 22.3 Å². The third-order valence-corrected chi connectivity index (χ3v) is 9.30. The Balaban J connectivity index is 1.18. The fraction of sp³-hybridized carbons (Fsp3) is 0.250. The van der Waals surface area contributed by atoms with Crippen molar-refractivity contribution in [2.45, 2.75) is 44.9 Å². The predicted octanol–water partition coefficient (Wildman–Crippen LogP) is 6.27. The Hall–Kier alpha value is -5.70. The van der Waals surface area contributed by atoms with Crippen LogP contribution in [0.1, 0.15) is 52.6 Å². The maximum Gasteiger partial charge on any atom is 0.335 e. The smallest absolute Gasteiger partial charge is 0.335 e. The molecule has 0 unspecified atom stereocenters. The van der Waals surface area contributed by atoms with E-state index < -0.39 is 29.0 Å². The minimum atomic E-state index is -1.10. The second-order valence-electron chi connectivity index (χ2n) is 12.4. The molecule has 2 aliphatic heterocycles. The minimum Gasteiger partial charge on any atom is -0.478 e. The lowest BCUT2D eigenvalue weighted by molar-refractivity contribution is -0.133. The summed E-state index contributed by atoms with van der Waals surface area (Å²) in [7, 11) is 0. The molecule has 0 radical (unpaired) electrons. The summed E-state index contributed by atoms with van der Waals surface area (Å²) in [6.07, 6.45) is 1.52. The van der Waals surface area contributed by atoms with E-state index in [4.69, 9.17) is 15.0 Å². The Labute approximate surface area is 272 Å². The summed E-state index contributed by atoms with van der Waals surface area (Å²) in [4.78, 5) is 35.1. The van der Waals surface area contributed by atoms with Crippen LogP contribution in [-0.2, 0) is 24.4 Å². The molecule has 1 N–H and O–H groups in total. The van der Waals surface area contributed by atoms with Gasteiger partial charge in [0.15, 0.2) is 0 Å². The normalized spacial score (nSPS) is 18.1. The van der Waals surface area contributed by atoms with E-state index in [1.165, 1.54) is 43.3 Å². The largest absolute Gasteiger partial charge is 0.478 e. The van der Waals surface area contributed by atoms with Gasteiger partial charge in [0.2, 0.25) is 11.8 Å². The second kappa shape index (κ2) is 11.8. The molecule has 2 aromatic heterocycles. The molecule has 4 heterocycles. The number of carboxylic acid groups (broad SMARTS) is 1. The van der Waals surface area contributed by atoms with Gasteiger partial charge in [0.1, 0.15) is 29.9 Å². The molecular formula is C36H28F3N5O4. The van der Waals surface area contributed by atoms with Gasteiger partial charge in [-0.1, -0.05) is 12.1 Å². The quantitative estimate of drug-likeness (QED) is 0.200. The van der Waals surface area contributed by atoms with Crippen LogP contribution in [-0.4, -0.2) is 48.5 Å². The van der Waals surface area contributed by atoms with Crippen LogP contribution >= 0.6 is 0 Å². The number of imidazole rings is 1. The third-order valence-electron chi connectivity index (χ3n) is 9.30. The van der Waals surface area contributed by atoms with E-state index in [2.05, 4.69) is 4.98 Å². The number of aromatic nitrogens is 3. The molecule has 242 valence electrons. The average Bonchev–Trinajstić information content (AvgIpc) is 3.71. The highest BCUT2D eigenvalue weighted by atomic mass is 19.1. The van der Waals surface area contributed by atoms with E-state index in [0.717, 1.165) is 31.0 Å². The Morgan fingerprint density at radius 2 is 1.79 bits per heavy atom. The zero-order valence-corrected chi connectivity index (χ0v) is 25.7. The van der Waals surface area contributed by atoms with Crippen molar-refractivity contribution in [2.75, 3.05) is 6.54 Å². The number of carboxylic acids is 1. The Bertz CT molecular complexity index is 2170. The van der Waals surface area contributed by atoms with Crippen molar-refractivity contribution in [3.63, 3.8) is 0 Å². The van der Waals surface area contributed by atoms with Crippen LogP contribution in [0.3, 0.4) is 0 Å². The molecule has 2 bridgehead atoms. The van der Waals surface area contributed by atoms with E-state index in [9.17, 15) is 19.1 Å². The van der Waals surface area contributed by atoms with Gasteiger partial charge in [-0.3, -0.25) is 4.79 Å². The number of benzene rings is 3. The van der Waals surface area contributed by atoms with Gasteiger partial charge in [0, 0.05) is 43.6 Å². The lowest BCUT2D eigenvalue weighted by Crippen LogP contribution is -2.51. The van der Waals surface area contributed by atoms with Crippen LogP contribution in [0, 0.1) is 34.7 Å². The number of halogens is 3. The van der Waals surface area contributed by atoms with Crippen molar-refractivity contribution in [1.29, 1.82) is 5.26 Å². The first kappa shape index (κ1) is 30.9. The molecule has 3 aliphatic rings. The minimum absolute atomic E-state index is 0.0359. The molecule has 9 nitrogen and oxygen atoms in total. The van der Waals surface area contributed by atoms with Crippen molar-refractivity contribution in [3.05, 3.63) is 112 Å². The number of aromatic carboxylic acids is 1. The van der Waals surface area contributed by atoms with Crippen molar-refractivity contribution in [3.8, 4) is 23.2 Å². The Kier molecular flexibility index (Phi) is 7.62. The number of carbonyl (C=O) groups excluding carboxylic acids is 1. The number of nitrogens with zero attached hydrogens (tertiary/aromatic N) is 5. The van der Waals surface area contributed by atoms with Crippen molar-refractivity contribution in [1.82, 2.24) is 19.4 Å². The number of hydrogen-bond acceptors (Lipinski definition) is 6. The summed E-state index contributed by atoms with van der Waals surface area (Å²) < 4.78 is 53.1. The third kappa shape index (κ3) is 5.51. The summed E-state index contributed by atoms with van der Waals surface area (Å²) in [5, 5.41) is 18.6. The molecule has 12 heteroatoms. The summed E-state index contributed by atoms with van der Waals surface area (Å²) in [5.41, 5.74) is 1.08. The molecule has 1 amide bonds. The van der Waals surface area contributed by atoms with Crippen LogP contribution in [0.15, 0.2) is 66.7 Å². The number of ether oxygens (including phenoxy) is 1. The van der Waals surface area contributed by atoms with E-state index in [1.54, 1.807) is 12.1 Å². The van der Waals surface area contributed by atoms with Gasteiger partial charge in [-0.05, 0) is 72.9 Å². The number of fused-ring (bicyclic) bond motifs is 2. The number of nitriles is 1. The lowest BCUT2D eigenvalue weighted by atomic mass is 9.73. The van der Waals surface area contributed by atoms with Gasteiger partial charge >= 0.3 is 5.97 Å². The molecule has 0 spiro atoms. The lowest BCUT2D eigenvalue weighted by Gasteiger charge is -2.42. The molecule has 1 saturated carbocycles. The molecule has 1 aliphatic carbocycles. The SMILES string of the molecule is CC(=O)N1CC2CC1(Cn1c(Cc3cc(F)c(-c4cccc(OCc5ccc(C#N)cc5F)n4)cc3F)nc3ccc(C(=O)O)cc31)C2. The number of carbonyl (C=O) groups is 2. The van der Waals surface area contributed by atoms with Gasteiger partial charge in [-0.15, -0.1) is 0 Å². The van der Waals surface area contributed by atoms with Crippen LogP contribution in [0.4, 0.5) is 13.2 Å². The first-order valence-corrected chi connectivity index (χ1v) is 15.3. The molecular weight excluding hydrogens is 623 g/mol. The summed E-state index contributed by atoms with van der Waals surface area (Å²) in [6, 6.07) is 17.1. The van der Waals surface area contributed by atoms with E-state index in [-0.39, 0.29) is 58.3 Å². The molecule has 8 rings (SSSR count). The standard InChI is InChI=1S/C36H28F3N5O4/c1-20(45)44-17-22-14-36(44,15-22)19-43-32-11-23(35(46)47)7-8-31(32)41-33(43)12-25-10-29(39)26(13-28(25)38)30-3-2-4-34(42-30)48-18-24-6-5-21(16-40)9-27(24)37/h2-11,13,22H,12,14-15,17-19H2,1H3,(H,46,47). The molecule has 2 saturated heterocycles. The van der Waals surface area contributed by atoms with Crippen LogP contribution < -0.4 is 4.74 Å². The Morgan fingerprint density at radius 3 is 2.52 bits per heavy atom. The van der Waals surface area contributed by atoms with Gasteiger partial charge < -0.3 is 19.3 Å². The summed E-state index contributed by atoms with van der Waals surface area (Å²) >= 11 is 0. The van der Waals surface area contributed by atoms with Crippen molar-refractivity contribution in [2.24, 2.45) is 5.92 Å². The monoisotopic (exact) mass is 651 g/mol. The van der Waals surface area contributed by atoms with E-state index in [1.807, 2.05) is 15.5 Å². The Morgan fingerprint density at radius 1 is 1.00 bits per heavy atom. The topological polar surface area (TPSA) is 121 Å². The highest BCUT2D eigenvalue weighted by molar-refractivity contribution is 5.92.